The van der Waals surface area contributed by atoms with E-state index in [2.05, 4.69) is 9.97 Å². The molecule has 0 aliphatic carbocycles. The third kappa shape index (κ3) is 4.44. The Labute approximate surface area is 204 Å². The molecule has 158 valence electrons. The Hall–Kier alpha value is -1.75. The van der Waals surface area contributed by atoms with Gasteiger partial charge in [0.1, 0.15) is 11.3 Å². The second-order valence-corrected chi connectivity index (χ2v) is 9.15. The van der Waals surface area contributed by atoms with E-state index in [1.165, 1.54) is 0 Å². The molecule has 0 bridgehead atoms. The van der Waals surface area contributed by atoms with E-state index >= 15 is 0 Å². The molecule has 0 saturated carbocycles. The Morgan fingerprint density at radius 1 is 0.903 bits per heavy atom. The predicted molar refractivity (Wildman–Crippen MR) is 129 cm³/mol. The van der Waals surface area contributed by atoms with Gasteiger partial charge in [-0.2, -0.15) is 0 Å². The molecule has 4 rings (SSSR count). The summed E-state index contributed by atoms with van der Waals surface area (Å²) in [7, 11) is 0. The van der Waals surface area contributed by atoms with Gasteiger partial charge in [-0.05, 0) is 36.8 Å². The number of benzene rings is 2. The maximum atomic E-state index is 11.1. The van der Waals surface area contributed by atoms with Crippen LogP contribution in [0.1, 0.15) is 28.4 Å². The second kappa shape index (κ2) is 9.01. The maximum Gasteiger partial charge on any atom is 0.145 e. The highest BCUT2D eigenvalue weighted by Gasteiger charge is 2.26. The van der Waals surface area contributed by atoms with Crippen molar-refractivity contribution in [3.8, 4) is 5.75 Å². The molecule has 31 heavy (non-hydrogen) atoms. The molecule has 0 aliphatic heterocycles. The molecule has 0 spiro atoms. The molecular formula is C23H15Cl5N2O. The zero-order chi connectivity index (χ0) is 22.3. The lowest BCUT2D eigenvalue weighted by Crippen LogP contribution is -2.09. The molecule has 0 saturated heterocycles. The number of nitrogens with zero attached hydrogens (tertiary/aromatic N) is 2. The summed E-state index contributed by atoms with van der Waals surface area (Å²) < 4.78 is 0. The lowest BCUT2D eigenvalue weighted by atomic mass is 9.86. The monoisotopic (exact) mass is 510 g/mol. The first-order valence-electron chi connectivity index (χ1n) is 9.28. The molecule has 2 aromatic carbocycles. The Morgan fingerprint density at radius 3 is 2.45 bits per heavy atom. The normalized spacial score (nSPS) is 12.3. The fourth-order valence-corrected chi connectivity index (χ4v) is 4.77. The molecule has 1 unspecified atom stereocenters. The van der Waals surface area contributed by atoms with Crippen molar-refractivity contribution in [1.82, 2.24) is 9.97 Å². The van der Waals surface area contributed by atoms with E-state index in [4.69, 9.17) is 58.0 Å². The summed E-state index contributed by atoms with van der Waals surface area (Å²) in [6.45, 7) is 1.80. The Balaban J connectivity index is 1.95. The van der Waals surface area contributed by atoms with Gasteiger partial charge >= 0.3 is 0 Å². The first-order chi connectivity index (χ1) is 14.8. The Morgan fingerprint density at radius 2 is 1.68 bits per heavy atom. The predicted octanol–water partition coefficient (Wildman–Crippen LogP) is 8.29. The number of rotatable bonds is 4. The summed E-state index contributed by atoms with van der Waals surface area (Å²) in [6, 6.07) is 12.4. The molecular weight excluding hydrogens is 498 g/mol. The van der Waals surface area contributed by atoms with Gasteiger partial charge in [0.25, 0.3) is 0 Å². The molecule has 0 amide bonds. The maximum absolute atomic E-state index is 11.1. The van der Waals surface area contributed by atoms with Crippen LogP contribution in [0.4, 0.5) is 0 Å². The molecule has 0 radical (unpaired) electrons. The average molecular weight is 513 g/mol. The van der Waals surface area contributed by atoms with Crippen LogP contribution in [-0.4, -0.2) is 15.1 Å². The molecule has 8 heteroatoms. The van der Waals surface area contributed by atoms with Crippen molar-refractivity contribution < 1.29 is 5.11 Å². The van der Waals surface area contributed by atoms with Crippen molar-refractivity contribution in [2.24, 2.45) is 0 Å². The zero-order valence-corrected chi connectivity index (χ0v) is 19.9. The van der Waals surface area contributed by atoms with Crippen LogP contribution in [0, 0.1) is 6.92 Å². The summed E-state index contributed by atoms with van der Waals surface area (Å²) in [6.07, 6.45) is 1.96. The number of aromatic hydroxyl groups is 1. The number of phenols is 1. The number of hydrogen-bond donors (Lipinski definition) is 1. The summed E-state index contributed by atoms with van der Waals surface area (Å²) in [5, 5.41) is 13.9. The quantitative estimate of drug-likeness (QED) is 0.280. The van der Waals surface area contributed by atoms with Crippen molar-refractivity contribution in [3.63, 3.8) is 0 Å². The van der Waals surface area contributed by atoms with Crippen LogP contribution in [0.5, 0.6) is 5.75 Å². The molecule has 3 nitrogen and oxygen atoms in total. The molecule has 0 fully saturated rings. The lowest BCUT2D eigenvalue weighted by molar-refractivity contribution is 0.469. The van der Waals surface area contributed by atoms with Crippen molar-refractivity contribution >= 4 is 68.9 Å². The number of pyridine rings is 2. The number of aromatic nitrogens is 2. The van der Waals surface area contributed by atoms with Crippen molar-refractivity contribution in [3.05, 3.63) is 96.3 Å². The van der Waals surface area contributed by atoms with E-state index in [-0.39, 0.29) is 5.75 Å². The number of phenolic OH excluding ortho intramolecular Hbond substituents is 1. The van der Waals surface area contributed by atoms with Gasteiger partial charge in [-0.3, -0.25) is 9.97 Å². The first kappa shape index (κ1) is 22.4. The van der Waals surface area contributed by atoms with E-state index in [1.54, 1.807) is 31.3 Å². The number of halogens is 5. The van der Waals surface area contributed by atoms with Crippen molar-refractivity contribution in [2.45, 2.75) is 19.3 Å². The highest BCUT2D eigenvalue weighted by atomic mass is 35.5. The fourth-order valence-electron chi connectivity index (χ4n) is 3.59. The van der Waals surface area contributed by atoms with E-state index < -0.39 is 5.92 Å². The zero-order valence-electron chi connectivity index (χ0n) is 16.1. The average Bonchev–Trinajstić information content (AvgIpc) is 2.73. The fraction of sp³-hybridized carbons (Fsp3) is 0.130. The summed E-state index contributed by atoms with van der Waals surface area (Å²) in [5.74, 6) is -0.391. The van der Waals surface area contributed by atoms with Crippen molar-refractivity contribution in [2.75, 3.05) is 0 Å². The van der Waals surface area contributed by atoms with Gasteiger partial charge in [-0.15, -0.1) is 0 Å². The first-order valence-corrected chi connectivity index (χ1v) is 11.2. The topological polar surface area (TPSA) is 46.0 Å². The standard InChI is InChI=1S/C23H15Cl5N2O/c1-11-17(25)10-18(26)20(30-11)9-15(16-7-13(24)8-19(27)21(16)28)14-5-4-12-3-2-6-29-22(12)23(14)31/h2-8,10,15,31H,9H2,1H3. The number of aryl methyl sites for hydroxylation is 1. The number of hydrogen-bond acceptors (Lipinski definition) is 3. The summed E-state index contributed by atoms with van der Waals surface area (Å²) >= 11 is 31.8. The van der Waals surface area contributed by atoms with Crippen molar-refractivity contribution in [1.29, 1.82) is 0 Å². The Bertz CT molecular complexity index is 1310. The van der Waals surface area contributed by atoms with Gasteiger partial charge in [-0.25, -0.2) is 0 Å². The van der Waals surface area contributed by atoms with E-state index in [1.807, 2.05) is 24.3 Å². The number of fused-ring (bicyclic) bond motifs is 1. The van der Waals surface area contributed by atoms with Crippen LogP contribution in [0.15, 0.2) is 48.7 Å². The van der Waals surface area contributed by atoms with Gasteiger partial charge in [0.2, 0.25) is 0 Å². The van der Waals surface area contributed by atoms with Crippen LogP contribution >= 0.6 is 58.0 Å². The van der Waals surface area contributed by atoms with Gasteiger partial charge in [-0.1, -0.05) is 76.2 Å². The van der Waals surface area contributed by atoms with Gasteiger partial charge in [0, 0.05) is 34.5 Å². The molecule has 2 heterocycles. The molecule has 4 aromatic rings. The van der Waals surface area contributed by atoms with Crippen LogP contribution in [0.25, 0.3) is 10.9 Å². The lowest BCUT2D eigenvalue weighted by Gasteiger charge is -2.22. The molecule has 1 N–H and O–H groups in total. The third-order valence-electron chi connectivity index (χ3n) is 5.13. The smallest absolute Gasteiger partial charge is 0.145 e. The molecule has 0 aliphatic rings. The van der Waals surface area contributed by atoms with Crippen LogP contribution < -0.4 is 0 Å². The Kier molecular flexibility index (Phi) is 6.52. The van der Waals surface area contributed by atoms with E-state index in [9.17, 15) is 5.11 Å². The second-order valence-electron chi connectivity index (χ2n) is 7.11. The minimum absolute atomic E-state index is 0.0528. The SMILES string of the molecule is Cc1nc(CC(c2cc(Cl)cc(Cl)c2Cl)c2ccc3cccnc3c2O)c(Cl)cc1Cl. The highest BCUT2D eigenvalue weighted by molar-refractivity contribution is 6.43. The van der Waals surface area contributed by atoms with Gasteiger partial charge < -0.3 is 5.11 Å². The van der Waals surface area contributed by atoms with Gasteiger partial charge in [0.15, 0.2) is 0 Å². The van der Waals surface area contributed by atoms with Gasteiger partial charge in [0.05, 0.1) is 31.5 Å². The highest BCUT2D eigenvalue weighted by Crippen LogP contribution is 2.43. The third-order valence-corrected chi connectivity index (χ3v) is 6.87. The summed E-state index contributed by atoms with van der Waals surface area (Å²) in [5.41, 5.74) is 3.01. The van der Waals surface area contributed by atoms with Crippen LogP contribution in [0.2, 0.25) is 25.1 Å². The van der Waals surface area contributed by atoms with E-state index in [0.29, 0.717) is 59.6 Å². The minimum Gasteiger partial charge on any atom is -0.505 e. The van der Waals surface area contributed by atoms with Crippen LogP contribution in [-0.2, 0) is 6.42 Å². The summed E-state index contributed by atoms with van der Waals surface area (Å²) in [4.78, 5) is 8.89. The van der Waals surface area contributed by atoms with E-state index in [0.717, 1.165) is 5.39 Å². The minimum atomic E-state index is -0.444. The molecule has 2 aromatic heterocycles. The molecule has 1 atom stereocenters. The largest absolute Gasteiger partial charge is 0.505 e. The van der Waals surface area contributed by atoms with Crippen LogP contribution in [0.3, 0.4) is 0 Å².